The third-order valence-corrected chi connectivity index (χ3v) is 8.87. The molecule has 0 atom stereocenters. The van der Waals surface area contributed by atoms with Crippen LogP contribution >= 0.6 is 0 Å². The van der Waals surface area contributed by atoms with Crippen LogP contribution in [-0.2, 0) is 13.1 Å². The summed E-state index contributed by atoms with van der Waals surface area (Å²) in [6.07, 6.45) is 6.69. The van der Waals surface area contributed by atoms with Gasteiger partial charge in [-0.2, -0.15) is 0 Å². The first-order valence-corrected chi connectivity index (χ1v) is 16.0. The van der Waals surface area contributed by atoms with Crippen LogP contribution in [0.1, 0.15) is 43.0 Å². The molecule has 2 aliphatic rings. The van der Waals surface area contributed by atoms with Crippen LogP contribution in [-0.4, -0.2) is 38.4 Å². The summed E-state index contributed by atoms with van der Waals surface area (Å²) in [6, 6.07) is 26.4. The van der Waals surface area contributed by atoms with Gasteiger partial charge >= 0.3 is 0 Å². The SMILES string of the molecule is Cc1cc(NC(=O)c2ccnc(-c3ccccn3)c2)cc2c1N1Cc3cc(NC(=O)c4ccnc(-c5ccccn5)c4)cc(C)c3N(C2)C1. The second-order valence-corrected chi connectivity index (χ2v) is 12.3. The molecule has 49 heavy (non-hydrogen) atoms. The highest BCUT2D eigenvalue weighted by Gasteiger charge is 2.32. The van der Waals surface area contributed by atoms with Gasteiger partial charge in [0.2, 0.25) is 0 Å². The van der Waals surface area contributed by atoms with Crippen molar-refractivity contribution in [3.63, 3.8) is 0 Å². The van der Waals surface area contributed by atoms with Crippen LogP contribution in [0, 0.1) is 13.8 Å². The topological polar surface area (TPSA) is 116 Å². The molecule has 0 saturated carbocycles. The highest BCUT2D eigenvalue weighted by molar-refractivity contribution is 6.06. The summed E-state index contributed by atoms with van der Waals surface area (Å²) in [5.41, 5.74) is 12.1. The maximum absolute atomic E-state index is 13.3. The Kier molecular flexibility index (Phi) is 7.52. The molecule has 2 bridgehead atoms. The van der Waals surface area contributed by atoms with Gasteiger partial charge in [-0.3, -0.25) is 29.5 Å². The number of aromatic nitrogens is 4. The van der Waals surface area contributed by atoms with Gasteiger partial charge in [0.05, 0.1) is 29.4 Å². The van der Waals surface area contributed by atoms with E-state index < -0.39 is 0 Å². The van der Waals surface area contributed by atoms with E-state index in [0.29, 0.717) is 47.0 Å². The molecule has 0 fully saturated rings. The lowest BCUT2D eigenvalue weighted by atomic mass is 9.96. The first-order valence-electron chi connectivity index (χ1n) is 16.0. The van der Waals surface area contributed by atoms with Gasteiger partial charge in [0.15, 0.2) is 0 Å². The lowest BCUT2D eigenvalue weighted by molar-refractivity contribution is 0.101. The van der Waals surface area contributed by atoms with Crippen molar-refractivity contribution in [3.05, 3.63) is 143 Å². The van der Waals surface area contributed by atoms with E-state index in [9.17, 15) is 9.59 Å². The molecule has 2 amide bonds. The Morgan fingerprint density at radius 1 is 0.551 bits per heavy atom. The number of hydrogen-bond acceptors (Lipinski definition) is 8. The van der Waals surface area contributed by atoms with E-state index in [0.717, 1.165) is 40.3 Å². The van der Waals surface area contributed by atoms with E-state index >= 15 is 0 Å². The number of fused-ring (bicyclic) bond motifs is 6. The van der Waals surface area contributed by atoms with E-state index in [1.165, 1.54) is 11.4 Å². The molecule has 10 nitrogen and oxygen atoms in total. The minimum atomic E-state index is -0.203. The molecule has 0 saturated heterocycles. The van der Waals surface area contributed by atoms with E-state index in [1.54, 1.807) is 49.1 Å². The van der Waals surface area contributed by atoms with Crippen molar-refractivity contribution in [2.75, 3.05) is 27.1 Å². The number of anilines is 4. The van der Waals surface area contributed by atoms with Gasteiger partial charge in [-0.1, -0.05) is 12.1 Å². The van der Waals surface area contributed by atoms with Crippen LogP contribution in [0.25, 0.3) is 22.8 Å². The second-order valence-electron chi connectivity index (χ2n) is 12.3. The normalized spacial score (nSPS) is 12.9. The van der Waals surface area contributed by atoms with Gasteiger partial charge in [0.25, 0.3) is 11.8 Å². The molecule has 240 valence electrons. The number of hydrogen-bond donors (Lipinski definition) is 2. The standard InChI is InChI=1S/C39H32N8O2/c1-24-15-30(44-38(48)26-9-13-42-34(19-26)32-7-3-5-11-40-32)17-28-21-47-23-46(36(24)28)22-29-18-31(16-25(2)37(29)47)45-39(49)27-10-14-43-35(20-27)33-8-4-6-12-41-33/h3-20H,21-23H2,1-2H3,(H,44,48)(H,45,49). The molecule has 2 aliphatic heterocycles. The Hall–Kier alpha value is -6.42. The number of amides is 2. The van der Waals surface area contributed by atoms with Gasteiger partial charge in [0, 0.05) is 71.8 Å². The third-order valence-electron chi connectivity index (χ3n) is 8.87. The molecule has 0 aliphatic carbocycles. The molecular formula is C39H32N8O2. The highest BCUT2D eigenvalue weighted by Crippen LogP contribution is 2.43. The summed E-state index contributed by atoms with van der Waals surface area (Å²) in [6.45, 7) is 6.33. The second kappa shape index (κ2) is 12.3. The van der Waals surface area contributed by atoms with Crippen LogP contribution in [0.3, 0.4) is 0 Å². The number of pyridine rings is 4. The molecule has 10 heteroatoms. The lowest BCUT2D eigenvalue weighted by Gasteiger charge is -2.46. The number of carbonyl (C=O) groups is 2. The minimum Gasteiger partial charge on any atom is -0.349 e. The smallest absolute Gasteiger partial charge is 0.255 e. The summed E-state index contributed by atoms with van der Waals surface area (Å²) in [7, 11) is 0. The quantitative estimate of drug-likeness (QED) is 0.199. The number of aryl methyl sites for hydroxylation is 2. The zero-order chi connectivity index (χ0) is 33.5. The molecule has 0 spiro atoms. The minimum absolute atomic E-state index is 0.203. The van der Waals surface area contributed by atoms with Crippen LogP contribution in [0.5, 0.6) is 0 Å². The molecule has 0 unspecified atom stereocenters. The van der Waals surface area contributed by atoms with Gasteiger partial charge < -0.3 is 20.4 Å². The Morgan fingerprint density at radius 3 is 1.43 bits per heavy atom. The van der Waals surface area contributed by atoms with Crippen molar-refractivity contribution in [2.45, 2.75) is 26.9 Å². The number of rotatable bonds is 6. The average molecular weight is 645 g/mol. The fourth-order valence-corrected chi connectivity index (χ4v) is 6.87. The van der Waals surface area contributed by atoms with Crippen LogP contribution in [0.15, 0.2) is 110 Å². The largest absolute Gasteiger partial charge is 0.349 e. The molecule has 6 aromatic rings. The maximum Gasteiger partial charge on any atom is 0.255 e. The average Bonchev–Trinajstić information content (AvgIpc) is 3.12. The number of nitrogens with one attached hydrogen (secondary N) is 2. The number of nitrogens with zero attached hydrogens (tertiary/aromatic N) is 6. The first-order chi connectivity index (χ1) is 23.9. The van der Waals surface area contributed by atoms with Gasteiger partial charge in [-0.15, -0.1) is 0 Å². The maximum atomic E-state index is 13.3. The van der Waals surface area contributed by atoms with Gasteiger partial charge in [-0.25, -0.2) is 0 Å². The summed E-state index contributed by atoms with van der Waals surface area (Å²) in [5.74, 6) is -0.405. The van der Waals surface area contributed by atoms with Crippen LogP contribution in [0.4, 0.5) is 22.7 Å². The summed E-state index contributed by atoms with van der Waals surface area (Å²) in [4.78, 5) is 48.9. The monoisotopic (exact) mass is 644 g/mol. The zero-order valence-electron chi connectivity index (χ0n) is 27.0. The Labute approximate surface area is 283 Å². The fourth-order valence-electron chi connectivity index (χ4n) is 6.87. The number of benzene rings is 2. The van der Waals surface area contributed by atoms with Crippen LogP contribution < -0.4 is 20.4 Å². The van der Waals surface area contributed by atoms with Crippen molar-refractivity contribution < 1.29 is 9.59 Å². The predicted molar refractivity (Wildman–Crippen MR) is 190 cm³/mol. The molecule has 2 aromatic carbocycles. The molecule has 6 heterocycles. The van der Waals surface area contributed by atoms with Crippen molar-refractivity contribution in [2.24, 2.45) is 0 Å². The van der Waals surface area contributed by atoms with Crippen molar-refractivity contribution in [1.82, 2.24) is 19.9 Å². The van der Waals surface area contributed by atoms with E-state index in [1.807, 2.05) is 48.5 Å². The molecule has 2 N–H and O–H groups in total. The van der Waals surface area contributed by atoms with Crippen LogP contribution in [0.2, 0.25) is 0 Å². The lowest BCUT2D eigenvalue weighted by Crippen LogP contribution is -2.46. The fraction of sp³-hybridized carbons (Fsp3) is 0.128. The Bertz CT molecular complexity index is 2080. The summed E-state index contributed by atoms with van der Waals surface area (Å²) < 4.78 is 0. The predicted octanol–water partition coefficient (Wildman–Crippen LogP) is 7.02. The van der Waals surface area contributed by atoms with Crippen molar-refractivity contribution >= 4 is 34.6 Å². The molecular weight excluding hydrogens is 612 g/mol. The zero-order valence-corrected chi connectivity index (χ0v) is 27.0. The Balaban J connectivity index is 1.01. The first kappa shape index (κ1) is 29.9. The Morgan fingerprint density at radius 2 is 1.00 bits per heavy atom. The molecule has 0 radical (unpaired) electrons. The third kappa shape index (κ3) is 5.84. The summed E-state index contributed by atoms with van der Waals surface area (Å²) >= 11 is 0. The van der Waals surface area contributed by atoms with Gasteiger partial charge in [-0.05, 0) is 109 Å². The molecule has 4 aromatic heterocycles. The molecule has 8 rings (SSSR count). The van der Waals surface area contributed by atoms with E-state index in [4.69, 9.17) is 0 Å². The van der Waals surface area contributed by atoms with Gasteiger partial charge in [0.1, 0.15) is 0 Å². The number of carbonyl (C=O) groups excluding carboxylic acids is 2. The highest BCUT2D eigenvalue weighted by atomic mass is 16.2. The summed E-state index contributed by atoms with van der Waals surface area (Å²) in [5, 5.41) is 6.21. The van der Waals surface area contributed by atoms with E-state index in [2.05, 4.69) is 66.3 Å². The van der Waals surface area contributed by atoms with Crippen molar-refractivity contribution in [1.29, 1.82) is 0 Å². The van der Waals surface area contributed by atoms with E-state index in [-0.39, 0.29) is 11.8 Å². The van der Waals surface area contributed by atoms with Crippen molar-refractivity contribution in [3.8, 4) is 22.8 Å².